The Morgan fingerprint density at radius 3 is 2.40 bits per heavy atom. The smallest absolute Gasteiger partial charge is 0.246 e. The Bertz CT molecular complexity index is 373. The van der Waals surface area contributed by atoms with Crippen LogP contribution in [0.25, 0.3) is 0 Å². The van der Waals surface area contributed by atoms with Gasteiger partial charge in [-0.15, -0.1) is 11.8 Å². The quantitative estimate of drug-likeness (QED) is 0.785. The second-order valence-corrected chi connectivity index (χ2v) is 8.00. The topological polar surface area (TPSA) is 40.6 Å². The number of hydrogen-bond donors (Lipinski definition) is 0. The molecule has 0 spiro atoms. The van der Waals surface area contributed by atoms with Gasteiger partial charge in [0.25, 0.3) is 0 Å². The minimum Gasteiger partial charge on any atom is -0.341 e. The Hall–Kier alpha value is -0.710. The summed E-state index contributed by atoms with van der Waals surface area (Å²) in [7, 11) is 0. The van der Waals surface area contributed by atoms with Gasteiger partial charge >= 0.3 is 0 Å². The third kappa shape index (κ3) is 3.90. The molecule has 0 saturated carbocycles. The maximum Gasteiger partial charge on any atom is 0.246 e. The van der Waals surface area contributed by atoms with Gasteiger partial charge in [-0.25, -0.2) is 0 Å². The highest BCUT2D eigenvalue weighted by molar-refractivity contribution is 7.99. The lowest BCUT2D eigenvalue weighted by molar-refractivity contribution is -0.144. The van der Waals surface area contributed by atoms with Crippen molar-refractivity contribution < 1.29 is 9.59 Å². The lowest BCUT2D eigenvalue weighted by Crippen LogP contribution is -2.50. The molecule has 1 atom stereocenters. The number of carbonyl (C=O) groups excluding carboxylic acids is 2. The number of likely N-dealkylation sites (tertiary alicyclic amines) is 1. The Morgan fingerprint density at radius 1 is 1.15 bits per heavy atom. The average molecular weight is 298 g/mol. The van der Waals surface area contributed by atoms with E-state index < -0.39 is 0 Å². The van der Waals surface area contributed by atoms with Crippen LogP contribution in [-0.4, -0.2) is 52.4 Å². The molecule has 4 nitrogen and oxygen atoms in total. The van der Waals surface area contributed by atoms with Gasteiger partial charge in [-0.2, -0.15) is 0 Å². The number of piperidine rings is 1. The lowest BCUT2D eigenvalue weighted by atomic mass is 9.91. The van der Waals surface area contributed by atoms with Gasteiger partial charge in [0.1, 0.15) is 6.04 Å². The van der Waals surface area contributed by atoms with E-state index in [1.807, 2.05) is 4.90 Å². The van der Waals surface area contributed by atoms with Gasteiger partial charge in [0.2, 0.25) is 11.8 Å². The molecule has 20 heavy (non-hydrogen) atoms. The summed E-state index contributed by atoms with van der Waals surface area (Å²) in [5.41, 5.74) is -0.0247. The molecule has 2 amide bonds. The summed E-state index contributed by atoms with van der Waals surface area (Å²) in [6, 6.07) is -0.229. The fourth-order valence-electron chi connectivity index (χ4n) is 2.77. The van der Waals surface area contributed by atoms with Gasteiger partial charge < -0.3 is 9.80 Å². The molecule has 2 heterocycles. The zero-order valence-corrected chi connectivity index (χ0v) is 13.7. The van der Waals surface area contributed by atoms with Crippen molar-refractivity contribution in [3.8, 4) is 0 Å². The van der Waals surface area contributed by atoms with Gasteiger partial charge in [-0.05, 0) is 24.7 Å². The molecule has 2 aliphatic heterocycles. The summed E-state index contributed by atoms with van der Waals surface area (Å²) in [6.45, 7) is 7.92. The molecule has 2 saturated heterocycles. The van der Waals surface area contributed by atoms with Crippen molar-refractivity contribution in [2.45, 2.75) is 52.5 Å². The summed E-state index contributed by atoms with van der Waals surface area (Å²) >= 11 is 1.69. The zero-order valence-electron chi connectivity index (χ0n) is 12.9. The van der Waals surface area contributed by atoms with E-state index in [1.54, 1.807) is 16.7 Å². The summed E-state index contributed by atoms with van der Waals surface area (Å²) in [4.78, 5) is 28.8. The van der Waals surface area contributed by atoms with E-state index in [0.29, 0.717) is 12.3 Å². The SMILES string of the molecule is CC(C)(C)CC(=O)N1CSCC1C(=O)N1CCCCC1. The summed E-state index contributed by atoms with van der Waals surface area (Å²) in [6.07, 6.45) is 3.93. The summed E-state index contributed by atoms with van der Waals surface area (Å²) in [5, 5.41) is 0. The molecule has 2 rings (SSSR count). The molecule has 0 aromatic heterocycles. The Morgan fingerprint density at radius 2 is 1.80 bits per heavy atom. The van der Waals surface area contributed by atoms with Crippen molar-refractivity contribution in [2.24, 2.45) is 5.41 Å². The first kappa shape index (κ1) is 15.7. The van der Waals surface area contributed by atoms with Crippen LogP contribution in [0.4, 0.5) is 0 Å². The fraction of sp³-hybridized carbons (Fsp3) is 0.867. The van der Waals surface area contributed by atoms with Gasteiger partial charge in [-0.1, -0.05) is 20.8 Å². The van der Waals surface area contributed by atoms with E-state index >= 15 is 0 Å². The molecule has 2 fully saturated rings. The zero-order chi connectivity index (χ0) is 14.8. The van der Waals surface area contributed by atoms with Crippen LogP contribution in [0.3, 0.4) is 0 Å². The Labute approximate surface area is 126 Å². The van der Waals surface area contributed by atoms with Crippen LogP contribution >= 0.6 is 11.8 Å². The van der Waals surface area contributed by atoms with Crippen molar-refractivity contribution in [1.82, 2.24) is 9.80 Å². The number of nitrogens with zero attached hydrogens (tertiary/aromatic N) is 2. The molecule has 0 N–H and O–H groups in total. The molecule has 1 unspecified atom stereocenters. The van der Waals surface area contributed by atoms with Crippen LogP contribution in [0.1, 0.15) is 46.5 Å². The largest absolute Gasteiger partial charge is 0.341 e. The number of thioether (sulfide) groups is 1. The first-order chi connectivity index (χ1) is 9.38. The van der Waals surface area contributed by atoms with E-state index in [0.717, 1.165) is 31.7 Å². The number of hydrogen-bond acceptors (Lipinski definition) is 3. The third-order valence-electron chi connectivity index (χ3n) is 3.84. The highest BCUT2D eigenvalue weighted by Gasteiger charge is 2.38. The minimum absolute atomic E-state index is 0.0247. The van der Waals surface area contributed by atoms with Crippen LogP contribution in [0, 0.1) is 5.41 Å². The molecule has 0 radical (unpaired) electrons. The van der Waals surface area contributed by atoms with Crippen molar-refractivity contribution >= 4 is 23.6 Å². The molecule has 2 aliphatic rings. The van der Waals surface area contributed by atoms with E-state index in [1.165, 1.54) is 6.42 Å². The molecule has 5 heteroatoms. The Kier molecular flexibility index (Phi) is 4.99. The number of carbonyl (C=O) groups is 2. The maximum absolute atomic E-state index is 12.6. The average Bonchev–Trinajstić information content (AvgIpc) is 2.86. The summed E-state index contributed by atoms with van der Waals surface area (Å²) < 4.78 is 0. The molecule has 0 aromatic carbocycles. The van der Waals surface area contributed by atoms with Crippen molar-refractivity contribution in [2.75, 3.05) is 24.7 Å². The fourth-order valence-corrected chi connectivity index (χ4v) is 3.95. The standard InChI is InChI=1S/C15H26N2O2S/c1-15(2,3)9-13(18)17-11-20-10-12(17)14(19)16-7-5-4-6-8-16/h12H,4-11H2,1-3H3. The molecular weight excluding hydrogens is 272 g/mol. The molecule has 0 aromatic rings. The highest BCUT2D eigenvalue weighted by Crippen LogP contribution is 2.28. The third-order valence-corrected chi connectivity index (χ3v) is 4.85. The second-order valence-electron chi connectivity index (χ2n) is 7.00. The summed E-state index contributed by atoms with van der Waals surface area (Å²) in [5.74, 6) is 1.71. The van der Waals surface area contributed by atoms with Crippen molar-refractivity contribution in [3.63, 3.8) is 0 Å². The van der Waals surface area contributed by atoms with Gasteiger partial charge in [0, 0.05) is 25.3 Å². The maximum atomic E-state index is 12.6. The van der Waals surface area contributed by atoms with E-state index in [4.69, 9.17) is 0 Å². The van der Waals surface area contributed by atoms with Gasteiger partial charge in [-0.3, -0.25) is 9.59 Å². The van der Waals surface area contributed by atoms with Crippen LogP contribution in [0.15, 0.2) is 0 Å². The first-order valence-electron chi connectivity index (χ1n) is 7.54. The lowest BCUT2D eigenvalue weighted by Gasteiger charge is -2.33. The Balaban J connectivity index is 1.99. The molecular formula is C15H26N2O2S. The minimum atomic E-state index is -0.229. The van der Waals surface area contributed by atoms with Crippen LogP contribution in [0.2, 0.25) is 0 Å². The number of rotatable bonds is 2. The van der Waals surface area contributed by atoms with Crippen LogP contribution < -0.4 is 0 Å². The second kappa shape index (κ2) is 6.37. The first-order valence-corrected chi connectivity index (χ1v) is 8.70. The normalized spacial score (nSPS) is 24.1. The highest BCUT2D eigenvalue weighted by atomic mass is 32.2. The van der Waals surface area contributed by atoms with Crippen molar-refractivity contribution in [3.05, 3.63) is 0 Å². The van der Waals surface area contributed by atoms with Gasteiger partial charge in [0.15, 0.2) is 0 Å². The van der Waals surface area contributed by atoms with Crippen molar-refractivity contribution in [1.29, 1.82) is 0 Å². The molecule has 0 aliphatic carbocycles. The van der Waals surface area contributed by atoms with E-state index in [-0.39, 0.29) is 23.3 Å². The van der Waals surface area contributed by atoms with Crippen LogP contribution in [-0.2, 0) is 9.59 Å². The molecule has 114 valence electrons. The van der Waals surface area contributed by atoms with E-state index in [2.05, 4.69) is 20.8 Å². The predicted molar refractivity (Wildman–Crippen MR) is 82.5 cm³/mol. The predicted octanol–water partition coefficient (Wildman–Crippen LogP) is 2.34. The van der Waals surface area contributed by atoms with Crippen LogP contribution in [0.5, 0.6) is 0 Å². The van der Waals surface area contributed by atoms with Gasteiger partial charge in [0.05, 0.1) is 5.88 Å². The monoisotopic (exact) mass is 298 g/mol. The molecule has 0 bridgehead atoms. The van der Waals surface area contributed by atoms with E-state index in [9.17, 15) is 9.59 Å². The number of amides is 2.